The summed E-state index contributed by atoms with van der Waals surface area (Å²) in [6, 6.07) is 16.2. The third kappa shape index (κ3) is 4.19. The third-order valence-electron chi connectivity index (χ3n) is 6.58. The number of phenols is 1. The van der Waals surface area contributed by atoms with Crippen LogP contribution in [0.3, 0.4) is 0 Å². The fourth-order valence-electron chi connectivity index (χ4n) is 4.64. The highest BCUT2D eigenvalue weighted by molar-refractivity contribution is 6.31. The zero-order chi connectivity index (χ0) is 28.0. The van der Waals surface area contributed by atoms with Crippen LogP contribution in [-0.4, -0.2) is 34.4 Å². The third-order valence-corrected chi connectivity index (χ3v) is 6.94. The first-order valence-corrected chi connectivity index (χ1v) is 12.4. The molecule has 0 radical (unpaired) electrons. The first kappa shape index (κ1) is 25.0. The van der Waals surface area contributed by atoms with Crippen molar-refractivity contribution in [1.29, 1.82) is 0 Å². The van der Waals surface area contributed by atoms with Gasteiger partial charge in [-0.2, -0.15) is 5.10 Å². The molecule has 6 rings (SSSR count). The first-order valence-electron chi connectivity index (χ1n) is 12.0. The second-order valence-corrected chi connectivity index (χ2v) is 9.39. The van der Waals surface area contributed by atoms with E-state index in [0.29, 0.717) is 55.2 Å². The lowest BCUT2D eigenvalue weighted by Gasteiger charge is -2.15. The Morgan fingerprint density at radius 2 is 1.88 bits per heavy atom. The number of nitrogens with two attached hydrogens (primary N) is 1. The van der Waals surface area contributed by atoms with Crippen LogP contribution < -0.4 is 11.3 Å². The zero-order valence-corrected chi connectivity index (χ0v) is 21.5. The minimum Gasteiger partial charge on any atom is -0.505 e. The van der Waals surface area contributed by atoms with Crippen molar-refractivity contribution in [2.75, 3.05) is 5.73 Å². The van der Waals surface area contributed by atoms with E-state index in [4.69, 9.17) is 28.7 Å². The van der Waals surface area contributed by atoms with Crippen molar-refractivity contribution in [2.45, 2.75) is 13.1 Å². The molecule has 0 spiro atoms. The standard InChI is InChI=1S/C29H19ClFN7O2/c1-2-16-7-5-9-21-24(16)29(40)37(13-18-6-3-4-8-19(18)30)23(35-21)14-38-28-25(27(32)33-15-34-28)26(36-38)17-10-11-22(39)20(31)12-17/h1,3-12,15,39H,13-14H2,(H2,32,33,34). The smallest absolute Gasteiger partial charge is 0.263 e. The number of hydrogen-bond acceptors (Lipinski definition) is 7. The number of phenolic OH excluding ortho intramolecular Hbond substituents is 1. The summed E-state index contributed by atoms with van der Waals surface area (Å²) in [7, 11) is 0. The Morgan fingerprint density at radius 3 is 2.65 bits per heavy atom. The van der Waals surface area contributed by atoms with E-state index in [1.807, 2.05) is 12.1 Å². The van der Waals surface area contributed by atoms with E-state index < -0.39 is 11.6 Å². The number of aromatic nitrogens is 6. The Bertz CT molecular complexity index is 2060. The van der Waals surface area contributed by atoms with Gasteiger partial charge in [-0.1, -0.05) is 41.8 Å². The zero-order valence-electron chi connectivity index (χ0n) is 20.7. The van der Waals surface area contributed by atoms with Crippen LogP contribution in [0.5, 0.6) is 5.75 Å². The van der Waals surface area contributed by atoms with Gasteiger partial charge in [0, 0.05) is 16.1 Å². The first-order chi connectivity index (χ1) is 19.4. The molecule has 9 nitrogen and oxygen atoms in total. The Morgan fingerprint density at radius 1 is 1.05 bits per heavy atom. The van der Waals surface area contributed by atoms with Gasteiger partial charge in [0.05, 0.1) is 22.8 Å². The molecule has 0 saturated carbocycles. The summed E-state index contributed by atoms with van der Waals surface area (Å²) in [5, 5.41) is 15.5. The Balaban J connectivity index is 1.58. The average molecular weight is 552 g/mol. The molecule has 11 heteroatoms. The normalized spacial score (nSPS) is 11.2. The van der Waals surface area contributed by atoms with Crippen LogP contribution in [0.4, 0.5) is 10.2 Å². The van der Waals surface area contributed by atoms with Crippen molar-refractivity contribution in [3.8, 4) is 29.4 Å². The van der Waals surface area contributed by atoms with Crippen LogP contribution in [-0.2, 0) is 13.1 Å². The summed E-state index contributed by atoms with van der Waals surface area (Å²) >= 11 is 6.44. The van der Waals surface area contributed by atoms with Crippen LogP contribution in [0.1, 0.15) is 17.0 Å². The van der Waals surface area contributed by atoms with Gasteiger partial charge in [-0.25, -0.2) is 24.0 Å². The molecule has 0 aliphatic rings. The molecular formula is C29H19ClFN7O2. The van der Waals surface area contributed by atoms with Crippen LogP contribution in [0.2, 0.25) is 5.02 Å². The Hall–Kier alpha value is -5.27. The molecule has 0 aliphatic heterocycles. The van der Waals surface area contributed by atoms with E-state index in [1.54, 1.807) is 30.3 Å². The Kier molecular flexibility index (Phi) is 6.13. The molecule has 3 aromatic heterocycles. The minimum atomic E-state index is -0.815. The fraction of sp³-hybridized carbons (Fsp3) is 0.0690. The van der Waals surface area contributed by atoms with Crippen molar-refractivity contribution in [1.82, 2.24) is 29.3 Å². The molecular weight excluding hydrogens is 533 g/mol. The topological polar surface area (TPSA) is 125 Å². The van der Waals surface area contributed by atoms with E-state index in [0.717, 1.165) is 6.07 Å². The maximum Gasteiger partial charge on any atom is 0.263 e. The summed E-state index contributed by atoms with van der Waals surface area (Å²) in [5.74, 6) is 1.75. The summed E-state index contributed by atoms with van der Waals surface area (Å²) in [4.78, 5) is 27.1. The predicted octanol–water partition coefficient (Wildman–Crippen LogP) is 4.36. The van der Waals surface area contributed by atoms with Crippen molar-refractivity contribution in [3.63, 3.8) is 0 Å². The lowest BCUT2D eigenvalue weighted by molar-refractivity contribution is 0.432. The number of nitrogen functional groups attached to an aromatic ring is 1. The number of terminal acetylenes is 1. The number of aromatic hydroxyl groups is 1. The summed E-state index contributed by atoms with van der Waals surface area (Å²) in [5.41, 5.74) is 8.45. The number of rotatable bonds is 5. The van der Waals surface area contributed by atoms with E-state index in [-0.39, 0.29) is 24.5 Å². The average Bonchev–Trinajstić information content (AvgIpc) is 3.32. The van der Waals surface area contributed by atoms with Gasteiger partial charge in [0.2, 0.25) is 0 Å². The quantitative estimate of drug-likeness (QED) is 0.305. The van der Waals surface area contributed by atoms with Gasteiger partial charge in [0.15, 0.2) is 17.2 Å². The van der Waals surface area contributed by atoms with Gasteiger partial charge in [-0.3, -0.25) is 9.36 Å². The number of hydrogen-bond donors (Lipinski definition) is 2. The van der Waals surface area contributed by atoms with Crippen molar-refractivity contribution < 1.29 is 9.50 Å². The lowest BCUT2D eigenvalue weighted by Crippen LogP contribution is -2.28. The van der Waals surface area contributed by atoms with Crippen LogP contribution in [0.15, 0.2) is 71.8 Å². The number of nitrogens with zero attached hydrogens (tertiary/aromatic N) is 6. The second kappa shape index (κ2) is 9.80. The molecule has 6 aromatic rings. The minimum absolute atomic E-state index is 0.00341. The van der Waals surface area contributed by atoms with Crippen molar-refractivity contribution >= 4 is 39.4 Å². The van der Waals surface area contributed by atoms with Crippen molar-refractivity contribution in [2.24, 2.45) is 0 Å². The van der Waals surface area contributed by atoms with E-state index in [9.17, 15) is 14.3 Å². The molecule has 40 heavy (non-hydrogen) atoms. The van der Waals surface area contributed by atoms with Gasteiger partial charge in [0.25, 0.3) is 5.56 Å². The monoisotopic (exact) mass is 551 g/mol. The van der Waals surface area contributed by atoms with E-state index in [1.165, 1.54) is 27.7 Å². The largest absolute Gasteiger partial charge is 0.505 e. The fourth-order valence-corrected chi connectivity index (χ4v) is 4.84. The van der Waals surface area contributed by atoms with Gasteiger partial charge < -0.3 is 10.8 Å². The molecule has 0 atom stereocenters. The van der Waals surface area contributed by atoms with Crippen LogP contribution in [0, 0.1) is 18.2 Å². The maximum absolute atomic E-state index is 14.2. The summed E-state index contributed by atoms with van der Waals surface area (Å²) < 4.78 is 17.3. The van der Waals surface area contributed by atoms with Crippen molar-refractivity contribution in [3.05, 3.63) is 105 Å². The van der Waals surface area contributed by atoms with E-state index >= 15 is 0 Å². The molecule has 0 fully saturated rings. The summed E-state index contributed by atoms with van der Waals surface area (Å²) in [6.45, 7) is 0.130. The highest BCUT2D eigenvalue weighted by atomic mass is 35.5. The summed E-state index contributed by atoms with van der Waals surface area (Å²) in [6.07, 6.45) is 6.99. The van der Waals surface area contributed by atoms with Gasteiger partial charge >= 0.3 is 0 Å². The molecule has 0 aliphatic carbocycles. The number of fused-ring (bicyclic) bond motifs is 2. The Labute approximate surface area is 231 Å². The molecule has 0 amide bonds. The highest BCUT2D eigenvalue weighted by Crippen LogP contribution is 2.32. The molecule has 3 aromatic carbocycles. The number of anilines is 1. The number of benzene rings is 3. The SMILES string of the molecule is C#Cc1cccc2nc(Cn3nc(-c4ccc(O)c(F)c4)c4c(N)ncnc43)n(Cc3ccccc3Cl)c(=O)c12. The molecule has 196 valence electrons. The lowest BCUT2D eigenvalue weighted by atomic mass is 10.1. The molecule has 3 heterocycles. The highest BCUT2D eigenvalue weighted by Gasteiger charge is 2.21. The molecule has 3 N–H and O–H groups in total. The van der Waals surface area contributed by atoms with Gasteiger partial charge in [-0.15, -0.1) is 6.42 Å². The second-order valence-electron chi connectivity index (χ2n) is 8.98. The molecule has 0 bridgehead atoms. The van der Waals surface area contributed by atoms with E-state index in [2.05, 4.69) is 21.0 Å². The number of halogens is 2. The van der Waals surface area contributed by atoms with Crippen LogP contribution >= 0.6 is 11.6 Å². The van der Waals surface area contributed by atoms with Gasteiger partial charge in [0.1, 0.15) is 30.2 Å². The molecule has 0 unspecified atom stereocenters. The molecule has 0 saturated heterocycles. The predicted molar refractivity (Wildman–Crippen MR) is 150 cm³/mol. The van der Waals surface area contributed by atoms with Gasteiger partial charge in [-0.05, 0) is 42.0 Å². The maximum atomic E-state index is 14.2. The van der Waals surface area contributed by atoms with Crippen LogP contribution in [0.25, 0.3) is 33.2 Å².